The third-order valence-electron chi connectivity index (χ3n) is 5.12. The molecule has 6 nitrogen and oxygen atoms in total. The van der Waals surface area contributed by atoms with Crippen molar-refractivity contribution < 1.29 is 24.2 Å². The lowest BCUT2D eigenvalue weighted by Gasteiger charge is -2.18. The first-order chi connectivity index (χ1) is 14.0. The van der Waals surface area contributed by atoms with Gasteiger partial charge in [0, 0.05) is 19.0 Å². The van der Waals surface area contributed by atoms with Gasteiger partial charge in [0.05, 0.1) is 13.0 Å². The highest BCUT2D eigenvalue weighted by molar-refractivity contribution is 5.81. The first-order valence-electron chi connectivity index (χ1n) is 9.52. The molecule has 1 aliphatic rings. The van der Waals surface area contributed by atoms with Crippen molar-refractivity contribution in [1.29, 1.82) is 0 Å². The molecule has 1 N–H and O–H groups in total. The molecule has 6 heteroatoms. The van der Waals surface area contributed by atoms with E-state index in [0.717, 1.165) is 11.1 Å². The summed E-state index contributed by atoms with van der Waals surface area (Å²) < 4.78 is 11.0. The fourth-order valence-electron chi connectivity index (χ4n) is 3.63. The summed E-state index contributed by atoms with van der Waals surface area (Å²) in [6.07, 6.45) is 3.87. The van der Waals surface area contributed by atoms with Crippen molar-refractivity contribution in [1.82, 2.24) is 4.90 Å². The van der Waals surface area contributed by atoms with Crippen LogP contribution in [0.15, 0.2) is 54.6 Å². The molecule has 1 amide bonds. The maximum Gasteiger partial charge on any atom is 0.308 e. The lowest BCUT2D eigenvalue weighted by molar-refractivity contribution is -0.142. The summed E-state index contributed by atoms with van der Waals surface area (Å²) in [5.74, 6) is -0.975. The van der Waals surface area contributed by atoms with Crippen molar-refractivity contribution in [3.8, 4) is 11.5 Å². The summed E-state index contributed by atoms with van der Waals surface area (Å²) >= 11 is 0. The SMILES string of the molecule is C/C=C/c1ccc(OCC(=O)N2C[C@H](C(=O)O)[C@H](c3ccccc3)C2)c(OC)c1. The van der Waals surface area contributed by atoms with E-state index in [1.54, 1.807) is 18.1 Å². The van der Waals surface area contributed by atoms with Gasteiger partial charge in [0.2, 0.25) is 0 Å². The topological polar surface area (TPSA) is 76.1 Å². The Morgan fingerprint density at radius 1 is 1.14 bits per heavy atom. The number of carboxylic acid groups (broad SMARTS) is 1. The minimum Gasteiger partial charge on any atom is -0.493 e. The van der Waals surface area contributed by atoms with Gasteiger partial charge in [-0.25, -0.2) is 0 Å². The number of rotatable bonds is 7. The van der Waals surface area contributed by atoms with Gasteiger partial charge in [-0.15, -0.1) is 0 Å². The number of hydrogen-bond acceptors (Lipinski definition) is 4. The van der Waals surface area contributed by atoms with Crippen molar-refractivity contribution in [3.63, 3.8) is 0 Å². The van der Waals surface area contributed by atoms with E-state index < -0.39 is 11.9 Å². The van der Waals surface area contributed by atoms with Crippen LogP contribution in [0.5, 0.6) is 11.5 Å². The Kier molecular flexibility index (Phi) is 6.54. The molecule has 1 saturated heterocycles. The number of nitrogens with zero attached hydrogens (tertiary/aromatic N) is 1. The maximum atomic E-state index is 12.7. The van der Waals surface area contributed by atoms with Gasteiger partial charge >= 0.3 is 5.97 Å². The summed E-state index contributed by atoms with van der Waals surface area (Å²) in [6.45, 7) is 2.29. The number of aliphatic carboxylic acids is 1. The van der Waals surface area contributed by atoms with Crippen molar-refractivity contribution in [2.24, 2.45) is 5.92 Å². The number of allylic oxidation sites excluding steroid dienone is 1. The lowest BCUT2D eigenvalue weighted by Crippen LogP contribution is -2.33. The van der Waals surface area contributed by atoms with Crippen LogP contribution in [0.4, 0.5) is 0 Å². The minimum atomic E-state index is -0.892. The second kappa shape index (κ2) is 9.28. The number of carbonyl (C=O) groups is 2. The Balaban J connectivity index is 1.67. The molecule has 2 atom stereocenters. The van der Waals surface area contributed by atoms with E-state index >= 15 is 0 Å². The molecule has 0 aliphatic carbocycles. The molecule has 0 aromatic heterocycles. The third kappa shape index (κ3) is 4.77. The average molecular weight is 395 g/mol. The Morgan fingerprint density at radius 3 is 2.55 bits per heavy atom. The quantitative estimate of drug-likeness (QED) is 0.777. The van der Waals surface area contributed by atoms with Crippen LogP contribution >= 0.6 is 0 Å². The van der Waals surface area contributed by atoms with Gasteiger partial charge in [0.1, 0.15) is 0 Å². The molecule has 2 aromatic rings. The van der Waals surface area contributed by atoms with Crippen molar-refractivity contribution in [3.05, 3.63) is 65.7 Å². The first kappa shape index (κ1) is 20.5. The lowest BCUT2D eigenvalue weighted by atomic mass is 9.89. The Bertz CT molecular complexity index is 893. The van der Waals surface area contributed by atoms with E-state index in [2.05, 4.69) is 0 Å². The monoisotopic (exact) mass is 395 g/mol. The van der Waals surface area contributed by atoms with E-state index in [9.17, 15) is 14.7 Å². The molecule has 29 heavy (non-hydrogen) atoms. The molecule has 0 unspecified atom stereocenters. The second-order valence-electron chi connectivity index (χ2n) is 6.96. The molecular formula is C23H25NO5. The van der Waals surface area contributed by atoms with Gasteiger partial charge in [0.25, 0.3) is 5.91 Å². The highest BCUT2D eigenvalue weighted by atomic mass is 16.5. The molecule has 1 aliphatic heterocycles. The van der Waals surface area contributed by atoms with Crippen LogP contribution in [0.1, 0.15) is 24.0 Å². The van der Waals surface area contributed by atoms with E-state index in [1.807, 2.05) is 61.5 Å². The van der Waals surface area contributed by atoms with Crippen LogP contribution in [0, 0.1) is 5.92 Å². The number of carbonyl (C=O) groups excluding carboxylic acids is 1. The number of hydrogen-bond donors (Lipinski definition) is 1. The number of amides is 1. The zero-order valence-electron chi connectivity index (χ0n) is 16.6. The molecule has 0 radical (unpaired) electrons. The van der Waals surface area contributed by atoms with Crippen LogP contribution in [-0.4, -0.2) is 48.7 Å². The van der Waals surface area contributed by atoms with Crippen molar-refractivity contribution >= 4 is 18.0 Å². The van der Waals surface area contributed by atoms with Gasteiger partial charge in [-0.3, -0.25) is 9.59 Å². The van der Waals surface area contributed by atoms with E-state index in [1.165, 1.54) is 0 Å². The van der Waals surface area contributed by atoms with Gasteiger partial charge in [0.15, 0.2) is 18.1 Å². The third-order valence-corrected chi connectivity index (χ3v) is 5.12. The normalized spacial score (nSPS) is 18.8. The van der Waals surface area contributed by atoms with Crippen LogP contribution in [0.2, 0.25) is 0 Å². The molecule has 152 valence electrons. The van der Waals surface area contributed by atoms with Gasteiger partial charge in [-0.05, 0) is 30.2 Å². The number of methoxy groups -OCH3 is 1. The van der Waals surface area contributed by atoms with E-state index in [4.69, 9.17) is 9.47 Å². The average Bonchev–Trinajstić information content (AvgIpc) is 3.19. The minimum absolute atomic E-state index is 0.173. The standard InChI is InChI=1S/C23H25NO5/c1-3-7-16-10-11-20(21(12-16)28-2)29-15-22(25)24-13-18(19(14-24)23(26)27)17-8-5-4-6-9-17/h3-12,18-19H,13-15H2,1-2H3,(H,26,27)/b7-3+/t18-,19-/m0/s1. The van der Waals surface area contributed by atoms with Crippen LogP contribution in [-0.2, 0) is 9.59 Å². The van der Waals surface area contributed by atoms with Gasteiger partial charge < -0.3 is 19.5 Å². The molecule has 0 spiro atoms. The Morgan fingerprint density at radius 2 is 1.90 bits per heavy atom. The number of benzene rings is 2. The predicted molar refractivity (Wildman–Crippen MR) is 110 cm³/mol. The summed E-state index contributed by atoms with van der Waals surface area (Å²) in [5.41, 5.74) is 1.90. The molecule has 0 saturated carbocycles. The van der Waals surface area contributed by atoms with Crippen LogP contribution in [0.3, 0.4) is 0 Å². The summed E-state index contributed by atoms with van der Waals surface area (Å²) in [5, 5.41) is 9.60. The van der Waals surface area contributed by atoms with E-state index in [0.29, 0.717) is 18.0 Å². The zero-order chi connectivity index (χ0) is 20.8. The van der Waals surface area contributed by atoms with Gasteiger partial charge in [-0.1, -0.05) is 48.6 Å². The molecular weight excluding hydrogens is 370 g/mol. The molecule has 1 heterocycles. The number of ether oxygens (including phenoxy) is 2. The fraction of sp³-hybridized carbons (Fsp3) is 0.304. The Labute approximate surface area is 170 Å². The molecule has 3 rings (SSSR count). The van der Waals surface area contributed by atoms with E-state index in [-0.39, 0.29) is 25.0 Å². The summed E-state index contributed by atoms with van der Waals surface area (Å²) in [6, 6.07) is 14.9. The van der Waals surface area contributed by atoms with Crippen LogP contribution < -0.4 is 9.47 Å². The van der Waals surface area contributed by atoms with Crippen molar-refractivity contribution in [2.75, 3.05) is 26.8 Å². The molecule has 0 bridgehead atoms. The van der Waals surface area contributed by atoms with Crippen molar-refractivity contribution in [2.45, 2.75) is 12.8 Å². The molecule has 1 fully saturated rings. The summed E-state index contributed by atoms with van der Waals surface area (Å²) in [7, 11) is 1.55. The Hall–Kier alpha value is -3.28. The largest absolute Gasteiger partial charge is 0.493 e. The number of likely N-dealkylation sites (tertiary alicyclic amines) is 1. The smallest absolute Gasteiger partial charge is 0.308 e. The number of carboxylic acids is 1. The molecule has 2 aromatic carbocycles. The zero-order valence-corrected chi connectivity index (χ0v) is 16.6. The van der Waals surface area contributed by atoms with Gasteiger partial charge in [-0.2, -0.15) is 0 Å². The summed E-state index contributed by atoms with van der Waals surface area (Å²) in [4.78, 5) is 26.0. The van der Waals surface area contributed by atoms with Crippen LogP contribution in [0.25, 0.3) is 6.08 Å². The maximum absolute atomic E-state index is 12.7. The highest BCUT2D eigenvalue weighted by Crippen LogP contribution is 2.33. The first-order valence-corrected chi connectivity index (χ1v) is 9.52. The second-order valence-corrected chi connectivity index (χ2v) is 6.96. The fourth-order valence-corrected chi connectivity index (χ4v) is 3.63. The highest BCUT2D eigenvalue weighted by Gasteiger charge is 2.40. The predicted octanol–water partition coefficient (Wildman–Crippen LogP) is 3.43.